The summed E-state index contributed by atoms with van der Waals surface area (Å²) in [5.41, 5.74) is 4.86. The van der Waals surface area contributed by atoms with Crippen LogP contribution in [0, 0.1) is 0 Å². The second-order valence-corrected chi connectivity index (χ2v) is 8.19. The van der Waals surface area contributed by atoms with Gasteiger partial charge in [-0.1, -0.05) is 67.6 Å². The quantitative estimate of drug-likeness (QED) is 0.501. The minimum absolute atomic E-state index is 0.154. The van der Waals surface area contributed by atoms with Crippen LogP contribution in [0.3, 0.4) is 0 Å². The van der Waals surface area contributed by atoms with Crippen LogP contribution in [0.1, 0.15) is 30.3 Å². The van der Waals surface area contributed by atoms with Gasteiger partial charge in [0, 0.05) is 29.8 Å². The summed E-state index contributed by atoms with van der Waals surface area (Å²) in [5, 5.41) is 7.72. The highest BCUT2D eigenvalue weighted by Crippen LogP contribution is 2.26. The first-order chi connectivity index (χ1) is 15.7. The number of hydrogen-bond acceptors (Lipinski definition) is 4. The Morgan fingerprint density at radius 2 is 1.75 bits per heavy atom. The van der Waals surface area contributed by atoms with Crippen LogP contribution in [0.25, 0.3) is 28.2 Å². The largest absolute Gasteiger partial charge is 0.349 e. The van der Waals surface area contributed by atoms with Gasteiger partial charge in [-0.25, -0.2) is 9.50 Å². The van der Waals surface area contributed by atoms with Gasteiger partial charge in [0.15, 0.2) is 11.3 Å². The molecule has 32 heavy (non-hydrogen) atoms. The Kier molecular flexibility index (Phi) is 5.69. The van der Waals surface area contributed by atoms with Crippen LogP contribution in [0.4, 0.5) is 0 Å². The summed E-state index contributed by atoms with van der Waals surface area (Å²) in [6, 6.07) is 24.4. The monoisotopic (exact) mass is 425 g/mol. The smallest absolute Gasteiger partial charge is 0.271 e. The van der Waals surface area contributed by atoms with Crippen molar-refractivity contribution in [1.82, 2.24) is 24.8 Å². The molecule has 6 nitrogen and oxygen atoms in total. The van der Waals surface area contributed by atoms with E-state index in [-0.39, 0.29) is 5.91 Å². The number of hydrogen-bond donors (Lipinski definition) is 1. The number of carbonyl (C=O) groups is 1. The van der Waals surface area contributed by atoms with Gasteiger partial charge in [0.25, 0.3) is 5.91 Å². The highest BCUT2D eigenvalue weighted by atomic mass is 16.1. The molecule has 1 aliphatic rings. The van der Waals surface area contributed by atoms with Gasteiger partial charge in [-0.05, 0) is 32.0 Å². The summed E-state index contributed by atoms with van der Waals surface area (Å²) in [6.45, 7) is 4.94. The Balaban J connectivity index is 1.50. The van der Waals surface area contributed by atoms with Crippen molar-refractivity contribution in [2.45, 2.75) is 25.8 Å². The van der Waals surface area contributed by atoms with E-state index >= 15 is 0 Å². The lowest BCUT2D eigenvalue weighted by atomic mass is 10.1. The van der Waals surface area contributed by atoms with Crippen LogP contribution in [-0.4, -0.2) is 51.1 Å². The van der Waals surface area contributed by atoms with E-state index in [0.717, 1.165) is 42.0 Å². The van der Waals surface area contributed by atoms with Gasteiger partial charge in [-0.2, -0.15) is 5.10 Å². The fourth-order valence-electron chi connectivity index (χ4n) is 4.50. The molecule has 0 radical (unpaired) electrons. The van der Waals surface area contributed by atoms with Crippen molar-refractivity contribution in [3.63, 3.8) is 0 Å². The molecule has 0 unspecified atom stereocenters. The average molecular weight is 426 g/mol. The third kappa shape index (κ3) is 4.01. The SMILES string of the molecule is CCN1CCC[C@@H]1CNC(=O)c1cc2nc(-c3ccccc3)cc(-c3ccccc3)n2n1. The van der Waals surface area contributed by atoms with Crippen molar-refractivity contribution in [3.05, 3.63) is 78.5 Å². The Labute approximate surface area is 187 Å². The van der Waals surface area contributed by atoms with E-state index < -0.39 is 0 Å². The first-order valence-electron chi connectivity index (χ1n) is 11.3. The van der Waals surface area contributed by atoms with Crippen LogP contribution >= 0.6 is 0 Å². The summed E-state index contributed by atoms with van der Waals surface area (Å²) in [6.07, 6.45) is 2.31. The van der Waals surface area contributed by atoms with E-state index in [1.165, 1.54) is 6.42 Å². The number of nitrogens with one attached hydrogen (secondary N) is 1. The number of benzene rings is 2. The second-order valence-electron chi connectivity index (χ2n) is 8.19. The third-order valence-electron chi connectivity index (χ3n) is 6.20. The van der Waals surface area contributed by atoms with E-state index in [1.807, 2.05) is 66.7 Å². The molecule has 5 rings (SSSR count). The zero-order chi connectivity index (χ0) is 21.9. The predicted molar refractivity (Wildman–Crippen MR) is 126 cm³/mol. The maximum atomic E-state index is 12.9. The third-order valence-corrected chi connectivity index (χ3v) is 6.20. The number of amides is 1. The molecule has 1 amide bonds. The maximum absolute atomic E-state index is 12.9. The minimum Gasteiger partial charge on any atom is -0.349 e. The van der Waals surface area contributed by atoms with Crippen LogP contribution in [-0.2, 0) is 0 Å². The van der Waals surface area contributed by atoms with E-state index in [1.54, 1.807) is 10.6 Å². The summed E-state index contributed by atoms with van der Waals surface area (Å²) in [4.78, 5) is 20.2. The molecule has 1 atom stereocenters. The van der Waals surface area contributed by atoms with E-state index in [0.29, 0.717) is 23.9 Å². The minimum atomic E-state index is -0.154. The molecular formula is C26H27N5O. The Hall–Kier alpha value is -3.51. The predicted octanol–water partition coefficient (Wildman–Crippen LogP) is 4.28. The summed E-state index contributed by atoms with van der Waals surface area (Å²) in [7, 11) is 0. The number of likely N-dealkylation sites (N-methyl/N-ethyl adjacent to an activating group) is 1. The average Bonchev–Trinajstić information content (AvgIpc) is 3.49. The Morgan fingerprint density at radius 1 is 1.03 bits per heavy atom. The molecule has 0 bridgehead atoms. The van der Waals surface area contributed by atoms with Gasteiger partial charge in [0.2, 0.25) is 0 Å². The fourth-order valence-corrected chi connectivity index (χ4v) is 4.50. The number of fused-ring (bicyclic) bond motifs is 1. The van der Waals surface area contributed by atoms with E-state index in [2.05, 4.69) is 22.2 Å². The molecule has 3 heterocycles. The Bertz CT molecular complexity index is 1220. The van der Waals surface area contributed by atoms with Gasteiger partial charge >= 0.3 is 0 Å². The van der Waals surface area contributed by atoms with Crippen LogP contribution in [0.5, 0.6) is 0 Å². The lowest BCUT2D eigenvalue weighted by Crippen LogP contribution is -2.40. The number of aromatic nitrogens is 3. The fraction of sp³-hybridized carbons (Fsp3) is 0.269. The molecule has 1 N–H and O–H groups in total. The van der Waals surface area contributed by atoms with Crippen molar-refractivity contribution < 1.29 is 4.79 Å². The van der Waals surface area contributed by atoms with Crippen molar-refractivity contribution in [2.75, 3.05) is 19.6 Å². The van der Waals surface area contributed by atoms with Gasteiger partial charge in [-0.15, -0.1) is 0 Å². The molecule has 1 saturated heterocycles. The molecule has 2 aromatic heterocycles. The normalized spacial score (nSPS) is 16.5. The van der Waals surface area contributed by atoms with Crippen LogP contribution in [0.15, 0.2) is 72.8 Å². The van der Waals surface area contributed by atoms with Crippen molar-refractivity contribution in [3.8, 4) is 22.5 Å². The number of likely N-dealkylation sites (tertiary alicyclic amines) is 1. The maximum Gasteiger partial charge on any atom is 0.271 e. The Morgan fingerprint density at radius 3 is 2.47 bits per heavy atom. The van der Waals surface area contributed by atoms with Crippen molar-refractivity contribution >= 4 is 11.6 Å². The molecule has 162 valence electrons. The molecule has 0 aliphatic carbocycles. The van der Waals surface area contributed by atoms with Gasteiger partial charge in [0.05, 0.1) is 11.4 Å². The van der Waals surface area contributed by atoms with Gasteiger partial charge in [-0.3, -0.25) is 9.69 Å². The molecule has 6 heteroatoms. The number of carbonyl (C=O) groups excluding carboxylic acids is 1. The van der Waals surface area contributed by atoms with Crippen molar-refractivity contribution in [2.24, 2.45) is 0 Å². The first-order valence-corrected chi connectivity index (χ1v) is 11.3. The van der Waals surface area contributed by atoms with Gasteiger partial charge in [0.1, 0.15) is 0 Å². The topological polar surface area (TPSA) is 62.5 Å². The molecule has 1 fully saturated rings. The number of nitrogens with zero attached hydrogens (tertiary/aromatic N) is 4. The summed E-state index contributed by atoms with van der Waals surface area (Å²) < 4.78 is 1.77. The van der Waals surface area contributed by atoms with E-state index in [9.17, 15) is 4.79 Å². The zero-order valence-corrected chi connectivity index (χ0v) is 18.2. The second kappa shape index (κ2) is 8.93. The van der Waals surface area contributed by atoms with E-state index in [4.69, 9.17) is 4.98 Å². The van der Waals surface area contributed by atoms with Crippen molar-refractivity contribution in [1.29, 1.82) is 0 Å². The summed E-state index contributed by atoms with van der Waals surface area (Å²) in [5.74, 6) is -0.154. The first kappa shape index (κ1) is 20.4. The van der Waals surface area contributed by atoms with Crippen LogP contribution < -0.4 is 5.32 Å². The molecule has 0 saturated carbocycles. The summed E-state index contributed by atoms with van der Waals surface area (Å²) >= 11 is 0. The lowest BCUT2D eigenvalue weighted by molar-refractivity contribution is 0.0936. The number of rotatable bonds is 6. The molecule has 1 aliphatic heterocycles. The molecule has 0 spiro atoms. The molecule has 2 aromatic carbocycles. The standard InChI is InChI=1S/C26H27N5O/c1-2-30-15-9-14-21(30)18-27-26(32)23-17-25-28-22(19-10-5-3-6-11-19)16-24(31(25)29-23)20-12-7-4-8-13-20/h3-8,10-13,16-17,21H,2,9,14-15,18H2,1H3,(H,27,32)/t21-/m1/s1. The zero-order valence-electron chi connectivity index (χ0n) is 18.2. The highest BCUT2D eigenvalue weighted by molar-refractivity contribution is 5.93. The van der Waals surface area contributed by atoms with Gasteiger partial charge < -0.3 is 5.32 Å². The molecule has 4 aromatic rings. The van der Waals surface area contributed by atoms with Crippen LogP contribution in [0.2, 0.25) is 0 Å². The highest BCUT2D eigenvalue weighted by Gasteiger charge is 2.24. The lowest BCUT2D eigenvalue weighted by Gasteiger charge is -2.22. The molecular weight excluding hydrogens is 398 g/mol.